The SMILES string of the molecule is Cl.Nc1nccc(-c2c3c(Cl)ccnc3n3c(N)nccc23)n1. The number of rotatable bonds is 1. The minimum absolute atomic E-state index is 0. The first-order valence-electron chi connectivity index (χ1n) is 6.45. The third-order valence-corrected chi connectivity index (χ3v) is 3.75. The van der Waals surface area contributed by atoms with Gasteiger partial charge >= 0.3 is 0 Å². The summed E-state index contributed by atoms with van der Waals surface area (Å²) in [6.07, 6.45) is 4.86. The Kier molecular flexibility index (Phi) is 3.67. The van der Waals surface area contributed by atoms with E-state index in [9.17, 15) is 0 Å². The summed E-state index contributed by atoms with van der Waals surface area (Å²) >= 11 is 6.39. The van der Waals surface area contributed by atoms with Crippen molar-refractivity contribution in [3.8, 4) is 11.3 Å². The molecule has 0 saturated carbocycles. The maximum Gasteiger partial charge on any atom is 0.220 e. The second-order valence-corrected chi connectivity index (χ2v) is 5.10. The van der Waals surface area contributed by atoms with Gasteiger partial charge < -0.3 is 11.5 Å². The first-order valence-corrected chi connectivity index (χ1v) is 6.82. The van der Waals surface area contributed by atoms with Gasteiger partial charge in [0.15, 0.2) is 0 Å². The van der Waals surface area contributed by atoms with Gasteiger partial charge in [0.05, 0.1) is 16.2 Å². The van der Waals surface area contributed by atoms with Crippen LogP contribution in [0.3, 0.4) is 0 Å². The molecule has 0 aromatic carbocycles. The summed E-state index contributed by atoms with van der Waals surface area (Å²) in [6, 6.07) is 5.33. The summed E-state index contributed by atoms with van der Waals surface area (Å²) in [6.45, 7) is 0. The molecule has 0 amide bonds. The molecule has 0 aliphatic heterocycles. The predicted octanol–water partition coefficient (Wildman–Crippen LogP) is 2.58. The van der Waals surface area contributed by atoms with Gasteiger partial charge in [-0.2, -0.15) is 0 Å². The van der Waals surface area contributed by atoms with E-state index in [2.05, 4.69) is 19.9 Å². The van der Waals surface area contributed by atoms with Gasteiger partial charge in [0.25, 0.3) is 0 Å². The van der Waals surface area contributed by atoms with Crippen molar-refractivity contribution in [1.29, 1.82) is 0 Å². The summed E-state index contributed by atoms with van der Waals surface area (Å²) in [5.74, 6) is 0.512. The average Bonchev–Trinajstić information content (AvgIpc) is 2.84. The Labute approximate surface area is 141 Å². The first kappa shape index (κ1) is 15.3. The van der Waals surface area contributed by atoms with Crippen molar-refractivity contribution in [2.75, 3.05) is 11.5 Å². The van der Waals surface area contributed by atoms with E-state index in [1.165, 1.54) is 0 Å². The van der Waals surface area contributed by atoms with E-state index in [0.717, 1.165) is 16.5 Å². The molecular formula is C14H11Cl2N7. The molecule has 0 unspecified atom stereocenters. The molecule has 116 valence electrons. The van der Waals surface area contributed by atoms with Gasteiger partial charge in [0, 0.05) is 29.5 Å². The Morgan fingerprint density at radius 1 is 0.957 bits per heavy atom. The molecule has 0 saturated heterocycles. The number of fused-ring (bicyclic) bond motifs is 3. The Balaban J connectivity index is 0.00000156. The maximum absolute atomic E-state index is 6.39. The normalized spacial score (nSPS) is 10.8. The van der Waals surface area contributed by atoms with Gasteiger partial charge in [-0.05, 0) is 18.2 Å². The average molecular weight is 348 g/mol. The van der Waals surface area contributed by atoms with Gasteiger partial charge in [-0.25, -0.2) is 19.9 Å². The third kappa shape index (κ3) is 2.21. The van der Waals surface area contributed by atoms with E-state index in [-0.39, 0.29) is 18.4 Å². The van der Waals surface area contributed by atoms with Crippen LogP contribution < -0.4 is 11.5 Å². The predicted molar refractivity (Wildman–Crippen MR) is 92.6 cm³/mol. The number of hydrogen-bond acceptors (Lipinski definition) is 6. The number of nitrogens with two attached hydrogens (primary N) is 2. The van der Waals surface area contributed by atoms with E-state index in [0.29, 0.717) is 22.3 Å². The lowest BCUT2D eigenvalue weighted by Crippen LogP contribution is -2.00. The molecule has 4 rings (SSSR count). The molecule has 0 aliphatic rings. The Morgan fingerprint density at radius 2 is 1.70 bits per heavy atom. The van der Waals surface area contributed by atoms with E-state index in [4.69, 9.17) is 23.1 Å². The molecule has 4 aromatic heterocycles. The summed E-state index contributed by atoms with van der Waals surface area (Å²) in [7, 11) is 0. The molecule has 7 nitrogen and oxygen atoms in total. The van der Waals surface area contributed by atoms with Crippen LogP contribution in [0.4, 0.5) is 11.9 Å². The largest absolute Gasteiger partial charge is 0.369 e. The van der Waals surface area contributed by atoms with E-state index < -0.39 is 0 Å². The van der Waals surface area contributed by atoms with Crippen molar-refractivity contribution in [1.82, 2.24) is 24.3 Å². The summed E-state index contributed by atoms with van der Waals surface area (Å²) in [4.78, 5) is 16.7. The van der Waals surface area contributed by atoms with E-state index >= 15 is 0 Å². The smallest absolute Gasteiger partial charge is 0.220 e. The molecular weight excluding hydrogens is 337 g/mol. The highest BCUT2D eigenvalue weighted by atomic mass is 35.5. The summed E-state index contributed by atoms with van der Waals surface area (Å²) in [5.41, 5.74) is 14.6. The second-order valence-electron chi connectivity index (χ2n) is 4.69. The van der Waals surface area contributed by atoms with Crippen molar-refractivity contribution < 1.29 is 0 Å². The van der Waals surface area contributed by atoms with Crippen molar-refractivity contribution in [3.63, 3.8) is 0 Å². The molecule has 0 bridgehead atoms. The number of aromatic nitrogens is 5. The fourth-order valence-corrected chi connectivity index (χ4v) is 2.82. The highest BCUT2D eigenvalue weighted by Gasteiger charge is 2.19. The van der Waals surface area contributed by atoms with Crippen LogP contribution in [0.5, 0.6) is 0 Å². The van der Waals surface area contributed by atoms with Crippen LogP contribution >= 0.6 is 24.0 Å². The maximum atomic E-state index is 6.39. The molecule has 0 aliphatic carbocycles. The molecule has 4 heterocycles. The zero-order valence-electron chi connectivity index (χ0n) is 11.6. The highest BCUT2D eigenvalue weighted by Crippen LogP contribution is 2.38. The number of pyridine rings is 1. The zero-order valence-corrected chi connectivity index (χ0v) is 13.2. The highest BCUT2D eigenvalue weighted by molar-refractivity contribution is 6.37. The van der Waals surface area contributed by atoms with Gasteiger partial charge in [-0.1, -0.05) is 11.6 Å². The van der Waals surface area contributed by atoms with Crippen molar-refractivity contribution >= 4 is 52.5 Å². The molecule has 9 heteroatoms. The van der Waals surface area contributed by atoms with Crippen LogP contribution in [0, 0.1) is 0 Å². The van der Waals surface area contributed by atoms with E-state index in [1.54, 1.807) is 35.1 Å². The second kappa shape index (κ2) is 5.53. The topological polar surface area (TPSA) is 108 Å². The number of anilines is 2. The monoisotopic (exact) mass is 347 g/mol. The van der Waals surface area contributed by atoms with Gasteiger partial charge in [-0.15, -0.1) is 12.4 Å². The van der Waals surface area contributed by atoms with Gasteiger partial charge in [-0.3, -0.25) is 4.40 Å². The first-order chi connectivity index (χ1) is 10.7. The number of hydrogen-bond donors (Lipinski definition) is 2. The standard InChI is InChI=1S/C14H10ClN7.ClH/c15-7-1-4-18-12-10(7)11(8-2-5-19-13(16)21-8)9-3-6-20-14(17)22(9)12;/h1-6H,(H2,17,20)(H2,16,19,21);1H. The lowest BCUT2D eigenvalue weighted by Gasteiger charge is -2.02. The van der Waals surface area contributed by atoms with Crippen LogP contribution in [0.2, 0.25) is 5.02 Å². The molecule has 0 radical (unpaired) electrons. The van der Waals surface area contributed by atoms with Gasteiger partial charge in [0.1, 0.15) is 5.65 Å². The fraction of sp³-hybridized carbons (Fsp3) is 0. The molecule has 4 aromatic rings. The van der Waals surface area contributed by atoms with E-state index in [1.807, 2.05) is 6.07 Å². The van der Waals surface area contributed by atoms with Crippen molar-refractivity contribution in [3.05, 3.63) is 41.8 Å². The van der Waals surface area contributed by atoms with Crippen LogP contribution in [0.15, 0.2) is 36.8 Å². The molecule has 0 spiro atoms. The Hall–Kier alpha value is -2.64. The number of nitrogen functional groups attached to an aromatic ring is 2. The third-order valence-electron chi connectivity index (χ3n) is 3.44. The van der Waals surface area contributed by atoms with Crippen LogP contribution in [0.1, 0.15) is 0 Å². The lowest BCUT2D eigenvalue weighted by molar-refractivity contribution is 1.12. The molecule has 0 atom stereocenters. The lowest BCUT2D eigenvalue weighted by atomic mass is 10.1. The van der Waals surface area contributed by atoms with Crippen LogP contribution in [-0.2, 0) is 0 Å². The van der Waals surface area contributed by atoms with Crippen molar-refractivity contribution in [2.24, 2.45) is 0 Å². The Bertz CT molecular complexity index is 1030. The summed E-state index contributed by atoms with van der Waals surface area (Å²) in [5, 5.41) is 1.31. The quantitative estimate of drug-likeness (QED) is 0.547. The molecule has 23 heavy (non-hydrogen) atoms. The minimum Gasteiger partial charge on any atom is -0.369 e. The Morgan fingerprint density at radius 3 is 2.48 bits per heavy atom. The number of halogens is 2. The van der Waals surface area contributed by atoms with Gasteiger partial charge in [0.2, 0.25) is 11.9 Å². The fourth-order valence-electron chi connectivity index (χ4n) is 2.59. The molecule has 0 fully saturated rings. The zero-order chi connectivity index (χ0) is 15.3. The molecule has 4 N–H and O–H groups in total. The summed E-state index contributed by atoms with van der Waals surface area (Å²) < 4.78 is 1.74. The van der Waals surface area contributed by atoms with Crippen LogP contribution in [-0.4, -0.2) is 24.3 Å². The number of nitrogens with zero attached hydrogens (tertiary/aromatic N) is 5. The van der Waals surface area contributed by atoms with Crippen molar-refractivity contribution in [2.45, 2.75) is 0 Å². The van der Waals surface area contributed by atoms with Crippen LogP contribution in [0.25, 0.3) is 27.8 Å². The minimum atomic E-state index is 0.